The van der Waals surface area contributed by atoms with Crippen molar-refractivity contribution < 1.29 is 19.5 Å². The molecule has 1 aromatic heterocycles. The third-order valence-electron chi connectivity index (χ3n) is 5.33. The minimum atomic E-state index is -1.05. The van der Waals surface area contributed by atoms with E-state index in [0.29, 0.717) is 55.1 Å². The Labute approximate surface area is 187 Å². The van der Waals surface area contributed by atoms with Gasteiger partial charge in [-0.2, -0.15) is 0 Å². The second-order valence-electron chi connectivity index (χ2n) is 8.69. The van der Waals surface area contributed by atoms with Crippen LogP contribution in [0, 0.1) is 5.92 Å². The molecule has 0 unspecified atom stereocenters. The van der Waals surface area contributed by atoms with Crippen molar-refractivity contribution in [2.45, 2.75) is 33.7 Å². The molecule has 2 aromatic rings. The molecule has 1 fully saturated rings. The zero-order valence-electron chi connectivity index (χ0n) is 19.0. The number of carbonyl (C=O) groups is 3. The molecule has 1 saturated heterocycles. The Balaban J connectivity index is 1.77. The summed E-state index contributed by atoms with van der Waals surface area (Å²) in [6, 6.07) is 6.81. The zero-order chi connectivity index (χ0) is 23.4. The second kappa shape index (κ2) is 9.95. The van der Waals surface area contributed by atoms with Gasteiger partial charge in [0.05, 0.1) is 17.6 Å². The van der Waals surface area contributed by atoms with Crippen molar-refractivity contribution in [2.24, 2.45) is 5.92 Å². The van der Waals surface area contributed by atoms with E-state index in [0.717, 1.165) is 0 Å². The minimum Gasteiger partial charge on any atom is -0.478 e. The van der Waals surface area contributed by atoms with Crippen LogP contribution >= 0.6 is 0 Å². The Morgan fingerprint density at radius 3 is 2.34 bits per heavy atom. The van der Waals surface area contributed by atoms with Crippen LogP contribution < -0.4 is 15.5 Å². The molecule has 1 aliphatic rings. The lowest BCUT2D eigenvalue weighted by molar-refractivity contribution is -0.123. The first-order chi connectivity index (χ1) is 15.1. The maximum atomic E-state index is 12.0. The predicted octanol–water partition coefficient (Wildman–Crippen LogP) is 2.17. The molecule has 1 aromatic carbocycles. The Morgan fingerprint density at radius 1 is 1.06 bits per heavy atom. The number of carboxylic acids is 1. The van der Waals surface area contributed by atoms with Gasteiger partial charge in [0.25, 0.3) is 0 Å². The molecule has 172 valence electrons. The standard InChI is InChI=1S/C23H31N5O4/c1-14(2)22(30)25-16-5-6-19-17(11-16)18(23(31)32)12-20(26-19)28-9-7-27(8-10-28)13-21(29)24-15(3)4/h5-6,11-12,14-15H,7-10,13H2,1-4H3,(H,24,29)(H,25,30)(H,31,32). The molecule has 32 heavy (non-hydrogen) atoms. The van der Waals surface area contributed by atoms with Crippen LogP contribution in [0.2, 0.25) is 0 Å². The number of carboxylic acid groups (broad SMARTS) is 1. The van der Waals surface area contributed by atoms with Crippen molar-refractivity contribution in [3.05, 3.63) is 29.8 Å². The average molecular weight is 442 g/mol. The first-order valence-electron chi connectivity index (χ1n) is 10.9. The Morgan fingerprint density at radius 2 is 1.75 bits per heavy atom. The van der Waals surface area contributed by atoms with Crippen molar-refractivity contribution in [2.75, 3.05) is 42.9 Å². The molecule has 0 aliphatic carbocycles. The van der Waals surface area contributed by atoms with E-state index in [1.807, 2.05) is 18.7 Å². The summed E-state index contributed by atoms with van der Waals surface area (Å²) >= 11 is 0. The summed E-state index contributed by atoms with van der Waals surface area (Å²) in [6.45, 7) is 10.5. The Kier molecular flexibility index (Phi) is 7.29. The van der Waals surface area contributed by atoms with E-state index in [2.05, 4.69) is 20.5 Å². The molecule has 9 heteroatoms. The van der Waals surface area contributed by atoms with Crippen molar-refractivity contribution in [3.8, 4) is 0 Å². The molecule has 0 radical (unpaired) electrons. The smallest absolute Gasteiger partial charge is 0.336 e. The number of anilines is 2. The third kappa shape index (κ3) is 5.73. The maximum absolute atomic E-state index is 12.0. The molecule has 2 amide bonds. The number of nitrogens with zero attached hydrogens (tertiary/aromatic N) is 3. The number of piperazine rings is 1. The number of hydrogen-bond donors (Lipinski definition) is 3. The molecule has 0 bridgehead atoms. The van der Waals surface area contributed by atoms with Gasteiger partial charge in [-0.05, 0) is 38.1 Å². The van der Waals surface area contributed by atoms with E-state index in [4.69, 9.17) is 0 Å². The van der Waals surface area contributed by atoms with E-state index in [9.17, 15) is 19.5 Å². The average Bonchev–Trinajstić information content (AvgIpc) is 2.72. The van der Waals surface area contributed by atoms with Crippen LogP contribution in [0.3, 0.4) is 0 Å². The quantitative estimate of drug-likeness (QED) is 0.603. The summed E-state index contributed by atoms with van der Waals surface area (Å²) in [5.41, 5.74) is 1.24. The number of aromatic nitrogens is 1. The van der Waals surface area contributed by atoms with Gasteiger partial charge in [0.2, 0.25) is 11.8 Å². The van der Waals surface area contributed by atoms with Crippen LogP contribution in [0.25, 0.3) is 10.9 Å². The van der Waals surface area contributed by atoms with Crippen LogP contribution in [-0.2, 0) is 9.59 Å². The first-order valence-corrected chi connectivity index (χ1v) is 10.9. The lowest BCUT2D eigenvalue weighted by Gasteiger charge is -2.35. The summed E-state index contributed by atoms with van der Waals surface area (Å²) in [5.74, 6) is -0.757. The van der Waals surface area contributed by atoms with Crippen molar-refractivity contribution in [1.82, 2.24) is 15.2 Å². The Bertz CT molecular complexity index is 1010. The molecule has 2 heterocycles. The fourth-order valence-electron chi connectivity index (χ4n) is 3.62. The van der Waals surface area contributed by atoms with Gasteiger partial charge in [-0.15, -0.1) is 0 Å². The van der Waals surface area contributed by atoms with Crippen molar-refractivity contribution >= 4 is 40.2 Å². The van der Waals surface area contributed by atoms with E-state index < -0.39 is 5.97 Å². The highest BCUT2D eigenvalue weighted by molar-refractivity contribution is 6.05. The molecular formula is C23H31N5O4. The number of benzene rings is 1. The largest absolute Gasteiger partial charge is 0.478 e. The molecular weight excluding hydrogens is 410 g/mol. The lowest BCUT2D eigenvalue weighted by Crippen LogP contribution is -2.50. The molecule has 0 saturated carbocycles. The van der Waals surface area contributed by atoms with Gasteiger partial charge in [-0.1, -0.05) is 13.8 Å². The molecule has 0 spiro atoms. The van der Waals surface area contributed by atoms with Crippen LogP contribution in [0.1, 0.15) is 38.1 Å². The van der Waals surface area contributed by atoms with Crippen LogP contribution in [0.5, 0.6) is 0 Å². The Hall–Kier alpha value is -3.20. The van der Waals surface area contributed by atoms with Crippen LogP contribution in [0.15, 0.2) is 24.3 Å². The molecule has 1 aliphatic heterocycles. The molecule has 0 atom stereocenters. The number of nitrogens with one attached hydrogen (secondary N) is 2. The minimum absolute atomic E-state index is 0.00538. The maximum Gasteiger partial charge on any atom is 0.336 e. The summed E-state index contributed by atoms with van der Waals surface area (Å²) in [6.07, 6.45) is 0. The SMILES string of the molecule is CC(C)NC(=O)CN1CCN(c2cc(C(=O)O)c3cc(NC(=O)C(C)C)ccc3n2)CC1. The molecule has 3 N–H and O–H groups in total. The first kappa shape index (κ1) is 23.5. The van der Waals surface area contributed by atoms with Crippen molar-refractivity contribution in [3.63, 3.8) is 0 Å². The molecule has 9 nitrogen and oxygen atoms in total. The highest BCUT2D eigenvalue weighted by Gasteiger charge is 2.22. The van der Waals surface area contributed by atoms with Gasteiger partial charge in [-0.25, -0.2) is 9.78 Å². The summed E-state index contributed by atoms with van der Waals surface area (Å²) < 4.78 is 0. The number of rotatable bonds is 7. The van der Waals surface area contributed by atoms with E-state index in [1.165, 1.54) is 0 Å². The second-order valence-corrected chi connectivity index (χ2v) is 8.69. The third-order valence-corrected chi connectivity index (χ3v) is 5.33. The van der Waals surface area contributed by atoms with Gasteiger partial charge < -0.3 is 20.6 Å². The lowest BCUT2D eigenvalue weighted by atomic mass is 10.1. The van der Waals surface area contributed by atoms with Gasteiger partial charge in [0, 0.05) is 49.2 Å². The normalized spacial score (nSPS) is 14.8. The van der Waals surface area contributed by atoms with Crippen LogP contribution in [0.4, 0.5) is 11.5 Å². The summed E-state index contributed by atoms with van der Waals surface area (Å²) in [5, 5.41) is 16.0. The predicted molar refractivity (Wildman–Crippen MR) is 124 cm³/mol. The highest BCUT2D eigenvalue weighted by Crippen LogP contribution is 2.27. The number of fused-ring (bicyclic) bond motifs is 1. The van der Waals surface area contributed by atoms with Gasteiger partial charge in [0.15, 0.2) is 0 Å². The fourth-order valence-corrected chi connectivity index (χ4v) is 3.62. The number of aromatic carboxylic acids is 1. The van der Waals surface area contributed by atoms with Crippen molar-refractivity contribution in [1.29, 1.82) is 0 Å². The number of hydrogen-bond acceptors (Lipinski definition) is 6. The highest BCUT2D eigenvalue weighted by atomic mass is 16.4. The van der Waals surface area contributed by atoms with Gasteiger partial charge >= 0.3 is 5.97 Å². The number of amides is 2. The summed E-state index contributed by atoms with van der Waals surface area (Å²) in [7, 11) is 0. The monoisotopic (exact) mass is 441 g/mol. The van der Waals surface area contributed by atoms with Crippen LogP contribution in [-0.4, -0.2) is 71.5 Å². The topological polar surface area (TPSA) is 115 Å². The van der Waals surface area contributed by atoms with E-state index >= 15 is 0 Å². The van der Waals surface area contributed by atoms with Gasteiger partial charge in [-0.3, -0.25) is 14.5 Å². The van der Waals surface area contributed by atoms with E-state index in [-0.39, 0.29) is 29.3 Å². The summed E-state index contributed by atoms with van der Waals surface area (Å²) in [4.78, 5) is 44.8. The molecule has 3 rings (SSSR count). The number of pyridine rings is 1. The number of carbonyl (C=O) groups excluding carboxylic acids is 2. The van der Waals surface area contributed by atoms with Gasteiger partial charge in [0.1, 0.15) is 5.82 Å². The zero-order valence-corrected chi connectivity index (χ0v) is 19.0. The fraction of sp³-hybridized carbons (Fsp3) is 0.478. The van der Waals surface area contributed by atoms with E-state index in [1.54, 1.807) is 38.1 Å².